The molecule has 1 N–H and O–H groups in total. The van der Waals surface area contributed by atoms with Gasteiger partial charge in [0.1, 0.15) is 28.7 Å². The molecule has 2 saturated carbocycles. The lowest BCUT2D eigenvalue weighted by atomic mass is 9.53. The number of carbonyl (C=O) groups excluding carboxylic acids is 3. The zero-order chi connectivity index (χ0) is 44.3. The molecule has 0 spiro atoms. The topological polar surface area (TPSA) is 115 Å². The first-order valence-corrected chi connectivity index (χ1v) is 20.8. The molecule has 61 heavy (non-hydrogen) atoms. The highest BCUT2D eigenvalue weighted by Gasteiger charge is 2.61. The first-order valence-electron chi connectivity index (χ1n) is 20.8. The van der Waals surface area contributed by atoms with E-state index in [0.717, 1.165) is 49.8 Å². The van der Waals surface area contributed by atoms with Crippen molar-refractivity contribution in [3.8, 4) is 18.1 Å². The number of terminal acetylenes is 1. The third-order valence-corrected chi connectivity index (χ3v) is 13.4. The number of rotatable bonds is 7. The zero-order valence-corrected chi connectivity index (χ0v) is 34.5. The van der Waals surface area contributed by atoms with Crippen molar-refractivity contribution in [1.29, 1.82) is 0 Å². The Labute approximate surface area is 350 Å². The van der Waals surface area contributed by atoms with Gasteiger partial charge in [0, 0.05) is 22.9 Å². The number of piperidine rings is 1. The zero-order valence-electron chi connectivity index (χ0n) is 34.5. The van der Waals surface area contributed by atoms with Crippen molar-refractivity contribution < 1.29 is 60.0 Å². The SMILES string of the molecule is C#C[C@]1(O)CC[C@H]2[C@@H]3CCc4cc(OC(=O)CCC(=O)OC(c5ccc(C(F)(F)F)c6nc(C(F)(F)F)ccc56)C5CCCCN5C(=O)OC(C)(C)C)ccc4[C@H]3CC[C@@]21C. The number of carbonyl (C=O) groups is 3. The van der Waals surface area contributed by atoms with Crippen molar-refractivity contribution in [3.05, 3.63) is 70.4 Å². The minimum Gasteiger partial charge on any atom is -0.455 e. The van der Waals surface area contributed by atoms with Gasteiger partial charge >= 0.3 is 30.4 Å². The lowest BCUT2D eigenvalue weighted by Crippen LogP contribution is -2.50. The second kappa shape index (κ2) is 16.1. The van der Waals surface area contributed by atoms with Crippen LogP contribution in [-0.4, -0.2) is 56.8 Å². The molecular formula is C46H50F6N2O7. The molecule has 3 aliphatic carbocycles. The van der Waals surface area contributed by atoms with Gasteiger partial charge in [-0.1, -0.05) is 31.0 Å². The third kappa shape index (κ3) is 8.66. The van der Waals surface area contributed by atoms with Crippen LogP contribution in [0.4, 0.5) is 31.1 Å². The Morgan fingerprint density at radius 1 is 0.934 bits per heavy atom. The molecule has 7 atom stereocenters. The van der Waals surface area contributed by atoms with Gasteiger partial charge in [-0.05, 0) is 132 Å². The number of benzene rings is 2. The molecule has 4 aliphatic rings. The number of fused-ring (bicyclic) bond motifs is 6. The van der Waals surface area contributed by atoms with Crippen LogP contribution < -0.4 is 4.74 Å². The highest BCUT2D eigenvalue weighted by atomic mass is 19.4. The van der Waals surface area contributed by atoms with E-state index in [4.69, 9.17) is 20.6 Å². The number of esters is 2. The number of aromatic nitrogens is 1. The summed E-state index contributed by atoms with van der Waals surface area (Å²) in [6, 6.07) is 7.53. The predicted molar refractivity (Wildman–Crippen MR) is 211 cm³/mol. The molecule has 0 bridgehead atoms. The number of hydrogen-bond acceptors (Lipinski definition) is 8. The van der Waals surface area contributed by atoms with E-state index in [1.54, 1.807) is 26.8 Å². The van der Waals surface area contributed by atoms with Crippen LogP contribution >= 0.6 is 0 Å². The van der Waals surface area contributed by atoms with Crippen molar-refractivity contribution >= 4 is 28.9 Å². The van der Waals surface area contributed by atoms with Gasteiger partial charge in [0.2, 0.25) is 0 Å². The van der Waals surface area contributed by atoms with Gasteiger partial charge in [0.15, 0.2) is 0 Å². The molecule has 2 unspecified atom stereocenters. The minimum absolute atomic E-state index is 0.0980. The van der Waals surface area contributed by atoms with E-state index in [1.165, 1.54) is 10.5 Å². The van der Waals surface area contributed by atoms with Crippen LogP contribution in [0.5, 0.6) is 5.75 Å². The Hall–Kier alpha value is -4.84. The van der Waals surface area contributed by atoms with E-state index in [0.29, 0.717) is 49.0 Å². The maximum absolute atomic E-state index is 14.2. The van der Waals surface area contributed by atoms with E-state index in [1.807, 2.05) is 12.1 Å². The standard InChI is InChI=1S/C46H50F6N2O7/c1-6-44(58)23-21-33-30-12-10-26-25-27(11-13-28(26)29(30)20-22-43(33,44)5)59-37(55)18-19-38(56)60-40(35-9-7-8-24-54(35)41(57)61-42(2,3)4)32-14-16-34(45(47,48)49)39-31(32)15-17-36(53-39)46(50,51)52/h1,11,13-17,25,29-30,33,35,40,58H,7-10,12,18-24H2,2-5H3/t29-,30-,33+,35?,40?,43+,44+/m1/s1. The Bertz CT molecular complexity index is 2250. The molecule has 2 aromatic carbocycles. The van der Waals surface area contributed by atoms with Crippen LogP contribution in [0.2, 0.25) is 0 Å². The second-order valence-electron chi connectivity index (χ2n) is 18.2. The highest BCUT2D eigenvalue weighted by molar-refractivity contribution is 5.87. The minimum atomic E-state index is -5.08. The number of halogens is 6. The Balaban J connectivity index is 1.10. The fourth-order valence-electron chi connectivity index (χ4n) is 10.5. The lowest BCUT2D eigenvalue weighted by Gasteiger charge is -2.52. The Morgan fingerprint density at radius 2 is 1.67 bits per heavy atom. The van der Waals surface area contributed by atoms with Gasteiger partial charge < -0.3 is 24.2 Å². The maximum Gasteiger partial charge on any atom is 0.433 e. The molecule has 1 saturated heterocycles. The normalized spacial score (nSPS) is 27.0. The molecule has 1 aliphatic heterocycles. The smallest absolute Gasteiger partial charge is 0.433 e. The summed E-state index contributed by atoms with van der Waals surface area (Å²) in [6.07, 6.45) is -1.46. The summed E-state index contributed by atoms with van der Waals surface area (Å²) in [6.45, 7) is 7.21. The Morgan fingerprint density at radius 3 is 2.36 bits per heavy atom. The quantitative estimate of drug-likeness (QED) is 0.108. The first kappa shape index (κ1) is 44.2. The van der Waals surface area contributed by atoms with E-state index >= 15 is 0 Å². The van der Waals surface area contributed by atoms with E-state index in [9.17, 15) is 45.8 Å². The van der Waals surface area contributed by atoms with Crippen molar-refractivity contribution in [2.75, 3.05) is 6.54 Å². The van der Waals surface area contributed by atoms with E-state index < -0.39 is 83.3 Å². The summed E-state index contributed by atoms with van der Waals surface area (Å²) >= 11 is 0. The van der Waals surface area contributed by atoms with Crippen molar-refractivity contribution in [1.82, 2.24) is 9.88 Å². The van der Waals surface area contributed by atoms with Crippen LogP contribution in [0.3, 0.4) is 0 Å². The summed E-state index contributed by atoms with van der Waals surface area (Å²) < 4.78 is 101. The van der Waals surface area contributed by atoms with Gasteiger partial charge in [0.25, 0.3) is 0 Å². The summed E-state index contributed by atoms with van der Waals surface area (Å²) in [4.78, 5) is 45.0. The van der Waals surface area contributed by atoms with Gasteiger partial charge in [-0.2, -0.15) is 26.3 Å². The number of amides is 1. The molecule has 3 fully saturated rings. The molecule has 7 rings (SSSR count). The monoisotopic (exact) mass is 856 g/mol. The molecule has 15 heteroatoms. The number of aryl methyl sites for hydroxylation is 1. The van der Waals surface area contributed by atoms with Crippen LogP contribution in [0.1, 0.15) is 132 Å². The van der Waals surface area contributed by atoms with Crippen molar-refractivity contribution in [2.24, 2.45) is 17.3 Å². The summed E-state index contributed by atoms with van der Waals surface area (Å²) in [7, 11) is 0. The average Bonchev–Trinajstić information content (AvgIpc) is 3.47. The number of likely N-dealkylation sites (tertiary alicyclic amines) is 1. The first-order chi connectivity index (χ1) is 28.5. The second-order valence-corrected chi connectivity index (χ2v) is 18.2. The maximum atomic E-state index is 14.2. The highest BCUT2D eigenvalue weighted by Crippen LogP contribution is 2.64. The fourth-order valence-corrected chi connectivity index (χ4v) is 10.5. The van der Waals surface area contributed by atoms with Crippen LogP contribution in [0, 0.1) is 29.6 Å². The number of alkyl halides is 6. The van der Waals surface area contributed by atoms with Crippen LogP contribution in [0.25, 0.3) is 10.9 Å². The molecule has 1 aromatic heterocycles. The van der Waals surface area contributed by atoms with Gasteiger partial charge in [0.05, 0.1) is 30.0 Å². The number of ether oxygens (including phenoxy) is 3. The van der Waals surface area contributed by atoms with Crippen molar-refractivity contribution in [3.63, 3.8) is 0 Å². The Kier molecular flexibility index (Phi) is 11.7. The number of aliphatic hydroxyl groups is 1. The van der Waals surface area contributed by atoms with E-state index in [2.05, 4.69) is 17.8 Å². The summed E-state index contributed by atoms with van der Waals surface area (Å²) in [5, 5.41) is 10.9. The largest absolute Gasteiger partial charge is 0.455 e. The molecule has 0 radical (unpaired) electrons. The van der Waals surface area contributed by atoms with Gasteiger partial charge in [-0.25, -0.2) is 9.78 Å². The van der Waals surface area contributed by atoms with E-state index in [-0.39, 0.29) is 35.2 Å². The molecule has 3 aromatic rings. The molecule has 328 valence electrons. The lowest BCUT2D eigenvalue weighted by molar-refractivity contribution is -0.156. The van der Waals surface area contributed by atoms with Crippen molar-refractivity contribution in [2.45, 2.75) is 140 Å². The van der Waals surface area contributed by atoms with Crippen LogP contribution in [0.15, 0.2) is 42.5 Å². The molecular weight excluding hydrogens is 807 g/mol. The fraction of sp³-hybridized carbons (Fsp3) is 0.565. The third-order valence-electron chi connectivity index (χ3n) is 13.4. The van der Waals surface area contributed by atoms with Gasteiger partial charge in [-0.15, -0.1) is 6.42 Å². The number of hydrogen-bond donors (Lipinski definition) is 1. The molecule has 2 heterocycles. The molecule has 9 nitrogen and oxygen atoms in total. The summed E-state index contributed by atoms with van der Waals surface area (Å²) in [5.41, 5.74) is -4.20. The summed E-state index contributed by atoms with van der Waals surface area (Å²) in [5.74, 6) is 2.25. The predicted octanol–water partition coefficient (Wildman–Crippen LogP) is 10.3. The number of pyridine rings is 1. The van der Waals surface area contributed by atoms with Crippen LogP contribution in [-0.2, 0) is 37.8 Å². The average molecular weight is 857 g/mol. The van der Waals surface area contributed by atoms with Gasteiger partial charge in [-0.3, -0.25) is 9.59 Å². The molecule has 1 amide bonds. The number of nitrogens with zero attached hydrogens (tertiary/aromatic N) is 2.